The van der Waals surface area contributed by atoms with Gasteiger partial charge in [0.1, 0.15) is 0 Å². The van der Waals surface area contributed by atoms with E-state index >= 15 is 0 Å². The van der Waals surface area contributed by atoms with Crippen LogP contribution in [-0.4, -0.2) is 49.6 Å². The molecule has 2 unspecified atom stereocenters. The average Bonchev–Trinajstić information content (AvgIpc) is 3.05. The Balaban J connectivity index is 1.65. The first-order valence-corrected chi connectivity index (χ1v) is 6.39. The summed E-state index contributed by atoms with van der Waals surface area (Å²) < 4.78 is 0. The molecule has 2 fully saturated rings. The van der Waals surface area contributed by atoms with E-state index in [9.17, 15) is 4.79 Å². The van der Waals surface area contributed by atoms with E-state index in [0.717, 1.165) is 18.5 Å². The number of nitrogens with zero attached hydrogens (tertiary/aromatic N) is 1. The fraction of sp³-hybridized carbons (Fsp3) is 0.917. The summed E-state index contributed by atoms with van der Waals surface area (Å²) in [5.41, 5.74) is 0. The van der Waals surface area contributed by atoms with Crippen LogP contribution >= 0.6 is 0 Å². The molecule has 0 bridgehead atoms. The number of nitrogens with one attached hydrogen (secondary N) is 2. The second kappa shape index (κ2) is 5.15. The summed E-state index contributed by atoms with van der Waals surface area (Å²) in [7, 11) is 1.69. The number of carbonyl (C=O) groups excluding carboxylic acids is 1. The van der Waals surface area contributed by atoms with Crippen LogP contribution in [0.4, 0.5) is 0 Å². The Morgan fingerprint density at radius 3 is 2.81 bits per heavy atom. The van der Waals surface area contributed by atoms with Gasteiger partial charge in [-0.15, -0.1) is 0 Å². The molecule has 92 valence electrons. The molecule has 0 aromatic carbocycles. The van der Waals surface area contributed by atoms with E-state index in [-0.39, 0.29) is 11.9 Å². The number of hydrogen-bond donors (Lipinski definition) is 2. The third-order valence-electron chi connectivity index (χ3n) is 3.73. The highest BCUT2D eigenvalue weighted by Crippen LogP contribution is 2.31. The van der Waals surface area contributed by atoms with Crippen molar-refractivity contribution < 1.29 is 4.79 Å². The van der Waals surface area contributed by atoms with Crippen molar-refractivity contribution in [2.24, 2.45) is 5.92 Å². The van der Waals surface area contributed by atoms with Crippen molar-refractivity contribution >= 4 is 5.91 Å². The lowest BCUT2D eigenvalue weighted by molar-refractivity contribution is -0.122. The summed E-state index contributed by atoms with van der Waals surface area (Å²) in [6.07, 6.45) is 4.08. The third-order valence-corrected chi connectivity index (χ3v) is 3.73. The summed E-state index contributed by atoms with van der Waals surface area (Å²) in [6.45, 7) is 5.37. The maximum Gasteiger partial charge on any atom is 0.236 e. The summed E-state index contributed by atoms with van der Waals surface area (Å²) in [5, 5.41) is 5.98. The minimum atomic E-state index is -0.0695. The number of likely N-dealkylation sites (N-methyl/N-ethyl adjacent to an activating group) is 1. The van der Waals surface area contributed by atoms with Gasteiger partial charge in [0.15, 0.2) is 0 Å². The lowest BCUT2D eigenvalue weighted by atomic mass is 10.1. The van der Waals surface area contributed by atoms with Crippen molar-refractivity contribution in [2.75, 3.05) is 26.7 Å². The normalized spacial score (nSPS) is 28.0. The Bertz CT molecular complexity index is 253. The van der Waals surface area contributed by atoms with Gasteiger partial charge in [-0.1, -0.05) is 0 Å². The van der Waals surface area contributed by atoms with Crippen molar-refractivity contribution in [1.29, 1.82) is 0 Å². The molecule has 4 heteroatoms. The highest BCUT2D eigenvalue weighted by Gasteiger charge is 2.34. The molecule has 1 aliphatic heterocycles. The van der Waals surface area contributed by atoms with Gasteiger partial charge in [0.2, 0.25) is 5.91 Å². The largest absolute Gasteiger partial charge is 0.358 e. The van der Waals surface area contributed by atoms with Gasteiger partial charge in [0.05, 0.1) is 6.04 Å². The molecule has 1 heterocycles. The van der Waals surface area contributed by atoms with E-state index in [2.05, 4.69) is 15.5 Å². The molecule has 1 amide bonds. The van der Waals surface area contributed by atoms with Gasteiger partial charge in [-0.2, -0.15) is 0 Å². The Labute approximate surface area is 97.8 Å². The van der Waals surface area contributed by atoms with Crippen molar-refractivity contribution in [1.82, 2.24) is 15.5 Å². The van der Waals surface area contributed by atoms with Crippen LogP contribution in [0.1, 0.15) is 26.2 Å². The van der Waals surface area contributed by atoms with Crippen LogP contribution in [-0.2, 0) is 4.79 Å². The summed E-state index contributed by atoms with van der Waals surface area (Å²) in [4.78, 5) is 13.9. The zero-order valence-corrected chi connectivity index (χ0v) is 10.3. The van der Waals surface area contributed by atoms with Gasteiger partial charge in [-0.05, 0) is 45.2 Å². The average molecular weight is 225 g/mol. The van der Waals surface area contributed by atoms with E-state index in [1.165, 1.54) is 32.4 Å². The fourth-order valence-corrected chi connectivity index (χ4v) is 2.45. The van der Waals surface area contributed by atoms with Gasteiger partial charge in [0.25, 0.3) is 0 Å². The fourth-order valence-electron chi connectivity index (χ4n) is 2.45. The topological polar surface area (TPSA) is 44.4 Å². The van der Waals surface area contributed by atoms with Crippen molar-refractivity contribution in [2.45, 2.75) is 38.3 Å². The van der Waals surface area contributed by atoms with Crippen LogP contribution in [0.15, 0.2) is 0 Å². The second-order valence-corrected chi connectivity index (χ2v) is 5.12. The minimum Gasteiger partial charge on any atom is -0.358 e. The number of likely N-dealkylation sites (tertiary alicyclic amines) is 1. The van der Waals surface area contributed by atoms with E-state index in [0.29, 0.717) is 0 Å². The molecule has 2 N–H and O–H groups in total. The Morgan fingerprint density at radius 1 is 1.44 bits per heavy atom. The van der Waals surface area contributed by atoms with Crippen LogP contribution in [0.5, 0.6) is 0 Å². The zero-order valence-electron chi connectivity index (χ0n) is 10.3. The second-order valence-electron chi connectivity index (χ2n) is 5.12. The monoisotopic (exact) mass is 225 g/mol. The van der Waals surface area contributed by atoms with Crippen LogP contribution in [0, 0.1) is 5.92 Å². The molecule has 1 saturated heterocycles. The van der Waals surface area contributed by atoms with Crippen LogP contribution in [0.3, 0.4) is 0 Å². The van der Waals surface area contributed by atoms with Gasteiger partial charge in [-0.3, -0.25) is 4.79 Å². The maximum atomic E-state index is 11.3. The molecule has 2 aliphatic rings. The quantitative estimate of drug-likeness (QED) is 0.702. The van der Waals surface area contributed by atoms with Gasteiger partial charge < -0.3 is 15.5 Å². The first kappa shape index (κ1) is 11.9. The Hall–Kier alpha value is -0.610. The molecule has 0 radical (unpaired) electrons. The lowest BCUT2D eigenvalue weighted by Gasteiger charge is -2.17. The highest BCUT2D eigenvalue weighted by molar-refractivity contribution is 5.80. The highest BCUT2D eigenvalue weighted by atomic mass is 16.2. The predicted molar refractivity (Wildman–Crippen MR) is 64.2 cm³/mol. The van der Waals surface area contributed by atoms with Crippen LogP contribution in [0.25, 0.3) is 0 Å². The molecule has 1 saturated carbocycles. The van der Waals surface area contributed by atoms with E-state index in [1.54, 1.807) is 7.05 Å². The van der Waals surface area contributed by atoms with Gasteiger partial charge >= 0.3 is 0 Å². The van der Waals surface area contributed by atoms with E-state index in [1.807, 2.05) is 6.92 Å². The standard InChI is InChI=1S/C12H23N3O/c1-9(12(16)13-2)14-7-10-5-6-15(8-10)11-3-4-11/h9-11,14H,3-8H2,1-2H3,(H,13,16). The first-order chi connectivity index (χ1) is 7.70. The third kappa shape index (κ3) is 2.95. The number of hydrogen-bond acceptors (Lipinski definition) is 3. The smallest absolute Gasteiger partial charge is 0.236 e. The minimum absolute atomic E-state index is 0.0695. The molecular weight excluding hydrogens is 202 g/mol. The van der Waals surface area contributed by atoms with Crippen LogP contribution < -0.4 is 10.6 Å². The van der Waals surface area contributed by atoms with Crippen molar-refractivity contribution in [3.63, 3.8) is 0 Å². The molecule has 1 aliphatic carbocycles. The molecular formula is C12H23N3O. The summed E-state index contributed by atoms with van der Waals surface area (Å²) in [5.74, 6) is 0.810. The first-order valence-electron chi connectivity index (χ1n) is 6.39. The Morgan fingerprint density at radius 2 is 2.19 bits per heavy atom. The molecule has 2 atom stereocenters. The van der Waals surface area contributed by atoms with Crippen LogP contribution in [0.2, 0.25) is 0 Å². The number of carbonyl (C=O) groups is 1. The molecule has 0 aromatic heterocycles. The van der Waals surface area contributed by atoms with Gasteiger partial charge in [-0.25, -0.2) is 0 Å². The summed E-state index contributed by atoms with van der Waals surface area (Å²) >= 11 is 0. The van der Waals surface area contributed by atoms with E-state index in [4.69, 9.17) is 0 Å². The lowest BCUT2D eigenvalue weighted by Crippen LogP contribution is -2.42. The molecule has 2 rings (SSSR count). The van der Waals surface area contributed by atoms with Crippen molar-refractivity contribution in [3.05, 3.63) is 0 Å². The van der Waals surface area contributed by atoms with Crippen molar-refractivity contribution in [3.8, 4) is 0 Å². The molecule has 0 aromatic rings. The predicted octanol–water partition coefficient (Wildman–Crippen LogP) is 0.195. The molecule has 16 heavy (non-hydrogen) atoms. The zero-order chi connectivity index (χ0) is 11.5. The number of amides is 1. The Kier molecular flexibility index (Phi) is 3.82. The van der Waals surface area contributed by atoms with Gasteiger partial charge in [0, 0.05) is 19.6 Å². The molecule has 0 spiro atoms. The SMILES string of the molecule is CNC(=O)C(C)NCC1CCN(C2CC2)C1. The maximum absolute atomic E-state index is 11.3. The van der Waals surface area contributed by atoms with E-state index < -0.39 is 0 Å². The number of rotatable bonds is 5. The molecule has 4 nitrogen and oxygen atoms in total. The summed E-state index contributed by atoms with van der Waals surface area (Å²) in [6, 6.07) is 0.821.